The van der Waals surface area contributed by atoms with Gasteiger partial charge in [0.2, 0.25) is 5.91 Å². The first-order valence-corrected chi connectivity index (χ1v) is 8.85. The largest absolute Gasteiger partial charge is 0.508 e. The number of hydrogen-bond donors (Lipinski definition) is 1. The van der Waals surface area contributed by atoms with Crippen LogP contribution in [0.25, 0.3) is 0 Å². The molecule has 0 aromatic heterocycles. The number of hydrogen-bond acceptors (Lipinski definition) is 4. The monoisotopic (exact) mass is 341 g/mol. The van der Waals surface area contributed by atoms with Crippen molar-refractivity contribution in [3.05, 3.63) is 29.8 Å². The normalized spacial score (nSPS) is 20.0. The molecule has 2 fully saturated rings. The fourth-order valence-corrected chi connectivity index (χ4v) is 3.77. The molecule has 1 saturated carbocycles. The van der Waals surface area contributed by atoms with Crippen molar-refractivity contribution in [1.82, 2.24) is 9.80 Å². The van der Waals surface area contributed by atoms with Crippen molar-refractivity contribution in [2.45, 2.75) is 32.1 Å². The van der Waals surface area contributed by atoms with Gasteiger partial charge in [0.1, 0.15) is 11.2 Å². The molecule has 0 atom stereocenters. The summed E-state index contributed by atoms with van der Waals surface area (Å²) in [7, 11) is 0. The van der Waals surface area contributed by atoms with Crippen LogP contribution in [0.1, 0.15) is 42.5 Å². The van der Waals surface area contributed by atoms with Crippen molar-refractivity contribution in [1.29, 1.82) is 5.26 Å². The number of nitriles is 1. The lowest BCUT2D eigenvalue weighted by molar-refractivity contribution is -0.142. The van der Waals surface area contributed by atoms with Gasteiger partial charge in [0, 0.05) is 31.7 Å². The van der Waals surface area contributed by atoms with Gasteiger partial charge in [-0.05, 0) is 31.0 Å². The van der Waals surface area contributed by atoms with E-state index in [1.54, 1.807) is 21.9 Å². The highest BCUT2D eigenvalue weighted by molar-refractivity contribution is 5.95. The van der Waals surface area contributed by atoms with Crippen LogP contribution in [0.3, 0.4) is 0 Å². The molecule has 2 aliphatic rings. The summed E-state index contributed by atoms with van der Waals surface area (Å²) in [5, 5.41) is 19.1. The molecule has 1 saturated heterocycles. The van der Waals surface area contributed by atoms with Gasteiger partial charge in [0.05, 0.1) is 6.07 Å². The average Bonchev–Trinajstić information content (AvgIpc) is 2.67. The fourth-order valence-electron chi connectivity index (χ4n) is 3.77. The van der Waals surface area contributed by atoms with E-state index in [1.165, 1.54) is 12.1 Å². The first kappa shape index (κ1) is 17.3. The molecule has 0 unspecified atom stereocenters. The van der Waals surface area contributed by atoms with E-state index in [-0.39, 0.29) is 17.6 Å². The number of rotatable bonds is 2. The average molecular weight is 341 g/mol. The van der Waals surface area contributed by atoms with E-state index in [9.17, 15) is 20.0 Å². The topological polar surface area (TPSA) is 84.6 Å². The third-order valence-electron chi connectivity index (χ3n) is 5.28. The van der Waals surface area contributed by atoms with E-state index in [0.717, 1.165) is 19.3 Å². The second kappa shape index (κ2) is 7.14. The van der Waals surface area contributed by atoms with Crippen LogP contribution in [-0.2, 0) is 4.79 Å². The fraction of sp³-hybridized carbons (Fsp3) is 0.526. The quantitative estimate of drug-likeness (QED) is 0.893. The van der Waals surface area contributed by atoms with E-state index in [0.29, 0.717) is 44.6 Å². The molecule has 3 rings (SSSR count). The summed E-state index contributed by atoms with van der Waals surface area (Å²) < 4.78 is 0. The number of carbonyl (C=O) groups excluding carboxylic acids is 2. The Balaban J connectivity index is 1.62. The maximum atomic E-state index is 12.9. The van der Waals surface area contributed by atoms with Crippen molar-refractivity contribution in [3.63, 3.8) is 0 Å². The maximum absolute atomic E-state index is 12.9. The van der Waals surface area contributed by atoms with E-state index in [1.807, 2.05) is 0 Å². The Labute approximate surface area is 147 Å². The molecule has 25 heavy (non-hydrogen) atoms. The van der Waals surface area contributed by atoms with Crippen LogP contribution in [0.15, 0.2) is 24.3 Å². The number of benzene rings is 1. The van der Waals surface area contributed by atoms with Crippen LogP contribution in [0.4, 0.5) is 0 Å². The van der Waals surface area contributed by atoms with Gasteiger partial charge in [-0.15, -0.1) is 0 Å². The first-order valence-electron chi connectivity index (χ1n) is 8.85. The molecule has 1 heterocycles. The van der Waals surface area contributed by atoms with Gasteiger partial charge in [0.25, 0.3) is 5.91 Å². The highest BCUT2D eigenvalue weighted by atomic mass is 16.3. The van der Waals surface area contributed by atoms with Crippen molar-refractivity contribution in [2.24, 2.45) is 5.41 Å². The third kappa shape index (κ3) is 3.46. The Morgan fingerprint density at radius 3 is 2.28 bits per heavy atom. The van der Waals surface area contributed by atoms with Gasteiger partial charge in [0.15, 0.2) is 0 Å². The van der Waals surface area contributed by atoms with Crippen LogP contribution < -0.4 is 0 Å². The van der Waals surface area contributed by atoms with E-state index in [2.05, 4.69) is 6.07 Å². The number of amides is 2. The predicted octanol–water partition coefficient (Wildman–Crippen LogP) is 2.15. The smallest absolute Gasteiger partial charge is 0.254 e. The molecule has 0 radical (unpaired) electrons. The van der Waals surface area contributed by atoms with Gasteiger partial charge in [-0.3, -0.25) is 9.59 Å². The van der Waals surface area contributed by atoms with Crippen LogP contribution in [0, 0.1) is 16.7 Å². The van der Waals surface area contributed by atoms with E-state index >= 15 is 0 Å². The van der Waals surface area contributed by atoms with Crippen LogP contribution in [0.2, 0.25) is 0 Å². The second-order valence-corrected chi connectivity index (χ2v) is 6.89. The minimum atomic E-state index is -0.865. The Hall–Kier alpha value is -2.55. The van der Waals surface area contributed by atoms with E-state index < -0.39 is 5.41 Å². The Bertz CT molecular complexity index is 696. The standard InChI is InChI=1S/C19H23N3O3/c20-14-19(7-2-1-3-8-19)18(25)22-11-9-21(10-12-22)17(24)15-5-4-6-16(23)13-15/h4-6,13,23H,1-3,7-12H2. The zero-order chi connectivity index (χ0) is 17.9. The predicted molar refractivity (Wildman–Crippen MR) is 91.7 cm³/mol. The molecule has 0 bridgehead atoms. The van der Waals surface area contributed by atoms with Gasteiger partial charge in [-0.25, -0.2) is 0 Å². The second-order valence-electron chi connectivity index (χ2n) is 6.89. The molecule has 1 aromatic rings. The Kier molecular flexibility index (Phi) is 4.93. The summed E-state index contributed by atoms with van der Waals surface area (Å²) in [5.74, 6) is -0.150. The summed E-state index contributed by atoms with van der Waals surface area (Å²) in [4.78, 5) is 28.8. The molecule has 1 aromatic carbocycles. The highest BCUT2D eigenvalue weighted by Crippen LogP contribution is 2.37. The lowest BCUT2D eigenvalue weighted by Gasteiger charge is -2.39. The summed E-state index contributed by atoms with van der Waals surface area (Å²) in [6.45, 7) is 1.79. The maximum Gasteiger partial charge on any atom is 0.254 e. The molecule has 132 valence electrons. The number of carbonyl (C=O) groups is 2. The van der Waals surface area contributed by atoms with Gasteiger partial charge in [-0.2, -0.15) is 5.26 Å². The van der Waals surface area contributed by atoms with Gasteiger partial charge >= 0.3 is 0 Å². The summed E-state index contributed by atoms with van der Waals surface area (Å²) in [6.07, 6.45) is 4.23. The number of nitrogens with zero attached hydrogens (tertiary/aromatic N) is 3. The lowest BCUT2D eigenvalue weighted by Crippen LogP contribution is -2.54. The number of aromatic hydroxyl groups is 1. The molecule has 1 N–H and O–H groups in total. The summed E-state index contributed by atoms with van der Waals surface area (Å²) >= 11 is 0. The highest BCUT2D eigenvalue weighted by Gasteiger charge is 2.43. The van der Waals surface area contributed by atoms with Crippen LogP contribution >= 0.6 is 0 Å². The van der Waals surface area contributed by atoms with Crippen molar-refractivity contribution < 1.29 is 14.7 Å². The first-order chi connectivity index (χ1) is 12.1. The number of phenols is 1. The zero-order valence-electron chi connectivity index (χ0n) is 14.3. The molecular formula is C19H23N3O3. The molecule has 6 nitrogen and oxygen atoms in total. The summed E-state index contributed by atoms with van der Waals surface area (Å²) in [5.41, 5.74) is -0.420. The molecular weight excluding hydrogens is 318 g/mol. The lowest BCUT2D eigenvalue weighted by atomic mass is 9.74. The number of piperazine rings is 1. The van der Waals surface area contributed by atoms with Crippen LogP contribution in [0.5, 0.6) is 5.75 Å². The van der Waals surface area contributed by atoms with Gasteiger partial charge in [-0.1, -0.05) is 25.3 Å². The van der Waals surface area contributed by atoms with Crippen molar-refractivity contribution in [2.75, 3.05) is 26.2 Å². The Morgan fingerprint density at radius 1 is 1.04 bits per heavy atom. The minimum absolute atomic E-state index is 0.0629. The minimum Gasteiger partial charge on any atom is -0.508 e. The van der Waals surface area contributed by atoms with Crippen molar-refractivity contribution in [3.8, 4) is 11.8 Å². The van der Waals surface area contributed by atoms with Crippen molar-refractivity contribution >= 4 is 11.8 Å². The van der Waals surface area contributed by atoms with Gasteiger partial charge < -0.3 is 14.9 Å². The third-order valence-corrected chi connectivity index (χ3v) is 5.28. The summed E-state index contributed by atoms with van der Waals surface area (Å²) in [6, 6.07) is 8.57. The molecule has 2 amide bonds. The van der Waals surface area contributed by atoms with Crippen LogP contribution in [-0.4, -0.2) is 52.9 Å². The molecule has 1 aliphatic carbocycles. The molecule has 0 spiro atoms. The number of phenolic OH excluding ortho intramolecular Hbond substituents is 1. The molecule has 6 heteroatoms. The molecule has 1 aliphatic heterocycles. The SMILES string of the molecule is N#CC1(C(=O)N2CCN(C(=O)c3cccc(O)c3)CC2)CCCCC1. The zero-order valence-corrected chi connectivity index (χ0v) is 14.3. The Morgan fingerprint density at radius 2 is 1.68 bits per heavy atom. The van der Waals surface area contributed by atoms with E-state index in [4.69, 9.17) is 0 Å².